The zero-order valence-corrected chi connectivity index (χ0v) is 12.7. The molecular weight excluding hydrogens is 329 g/mol. The van der Waals surface area contributed by atoms with Crippen LogP contribution in [0, 0.1) is 0 Å². The summed E-state index contributed by atoms with van der Waals surface area (Å²) in [4.78, 5) is 3.75. The summed E-state index contributed by atoms with van der Waals surface area (Å²) < 4.78 is 64.9. The molecule has 0 spiro atoms. The van der Waals surface area contributed by atoms with Gasteiger partial charge in [-0.2, -0.15) is 13.2 Å². The van der Waals surface area contributed by atoms with E-state index in [4.69, 9.17) is 0 Å². The van der Waals surface area contributed by atoms with Gasteiger partial charge in [0.1, 0.15) is 5.82 Å². The first-order valence-electron chi connectivity index (χ1n) is 6.93. The highest BCUT2D eigenvalue weighted by atomic mass is 32.2. The molecule has 122 valence electrons. The van der Waals surface area contributed by atoms with Crippen molar-refractivity contribution in [3.05, 3.63) is 53.7 Å². The zero-order chi connectivity index (χ0) is 16.7. The lowest BCUT2D eigenvalue weighted by atomic mass is 10.2. The van der Waals surface area contributed by atoms with Crippen LogP contribution >= 0.6 is 0 Å². The van der Waals surface area contributed by atoms with Gasteiger partial charge in [0.2, 0.25) is 0 Å². The maximum absolute atomic E-state index is 12.7. The Bertz CT molecular complexity index is 831. The third kappa shape index (κ3) is 3.64. The first kappa shape index (κ1) is 15.8. The quantitative estimate of drug-likeness (QED) is 0.920. The molecule has 1 fully saturated rings. The Morgan fingerprint density at radius 2 is 1.78 bits per heavy atom. The van der Waals surface area contributed by atoms with E-state index in [-0.39, 0.29) is 5.82 Å². The number of sulfonamides is 1. The Hall–Kier alpha value is -2.09. The first-order valence-corrected chi connectivity index (χ1v) is 8.41. The summed E-state index contributed by atoms with van der Waals surface area (Å²) in [6, 6.07) is 8.55. The molecule has 0 unspecified atom stereocenters. The largest absolute Gasteiger partial charge is 0.416 e. The van der Waals surface area contributed by atoms with Crippen LogP contribution in [-0.2, 0) is 16.2 Å². The van der Waals surface area contributed by atoms with Crippen LogP contribution in [0.1, 0.15) is 30.0 Å². The average Bonchev–Trinajstić information content (AvgIpc) is 3.31. The van der Waals surface area contributed by atoms with Crippen molar-refractivity contribution in [2.24, 2.45) is 0 Å². The van der Waals surface area contributed by atoms with Gasteiger partial charge in [-0.1, -0.05) is 12.1 Å². The van der Waals surface area contributed by atoms with Crippen LogP contribution in [0.25, 0.3) is 0 Å². The van der Waals surface area contributed by atoms with Crippen molar-refractivity contribution in [3.63, 3.8) is 0 Å². The van der Waals surface area contributed by atoms with Crippen LogP contribution in [0.3, 0.4) is 0 Å². The molecule has 1 saturated carbocycles. The average molecular weight is 342 g/mol. The Morgan fingerprint density at radius 3 is 2.43 bits per heavy atom. The summed E-state index contributed by atoms with van der Waals surface area (Å²) in [7, 11) is -4.13. The van der Waals surface area contributed by atoms with E-state index in [9.17, 15) is 21.6 Å². The molecule has 3 rings (SSSR count). The minimum absolute atomic E-state index is 0.104. The Kier molecular flexibility index (Phi) is 3.79. The minimum Gasteiger partial charge on any atom is -0.263 e. The van der Waals surface area contributed by atoms with Crippen molar-refractivity contribution in [1.82, 2.24) is 4.98 Å². The SMILES string of the molecule is O=S(=O)(Nc1cccc(C2CC2)n1)c1cccc(C(F)(F)F)c1. The molecule has 0 atom stereocenters. The molecule has 0 bridgehead atoms. The molecule has 0 saturated heterocycles. The van der Waals surface area contributed by atoms with Crippen molar-refractivity contribution < 1.29 is 21.6 Å². The van der Waals surface area contributed by atoms with Crippen molar-refractivity contribution in [2.75, 3.05) is 4.72 Å². The molecule has 2 aromatic rings. The van der Waals surface area contributed by atoms with Crippen LogP contribution in [0.4, 0.5) is 19.0 Å². The van der Waals surface area contributed by atoms with Crippen LogP contribution < -0.4 is 4.72 Å². The van der Waals surface area contributed by atoms with Crippen LogP contribution in [0.15, 0.2) is 47.4 Å². The van der Waals surface area contributed by atoms with Gasteiger partial charge in [-0.25, -0.2) is 13.4 Å². The van der Waals surface area contributed by atoms with Crippen molar-refractivity contribution >= 4 is 15.8 Å². The van der Waals surface area contributed by atoms with Gasteiger partial charge in [-0.15, -0.1) is 0 Å². The van der Waals surface area contributed by atoms with E-state index in [1.165, 1.54) is 6.07 Å². The van der Waals surface area contributed by atoms with Crippen LogP contribution in [-0.4, -0.2) is 13.4 Å². The molecule has 8 heteroatoms. The van der Waals surface area contributed by atoms with Crippen LogP contribution in [0.5, 0.6) is 0 Å². The third-order valence-corrected chi connectivity index (χ3v) is 4.83. The molecule has 1 heterocycles. The molecular formula is C15H13F3N2O2S. The fourth-order valence-electron chi connectivity index (χ4n) is 2.15. The number of aromatic nitrogens is 1. The lowest BCUT2D eigenvalue weighted by Crippen LogP contribution is -2.15. The Morgan fingerprint density at radius 1 is 1.09 bits per heavy atom. The first-order chi connectivity index (χ1) is 10.8. The monoisotopic (exact) mass is 342 g/mol. The molecule has 1 aromatic heterocycles. The molecule has 0 aliphatic heterocycles. The zero-order valence-electron chi connectivity index (χ0n) is 11.8. The highest BCUT2D eigenvalue weighted by molar-refractivity contribution is 7.92. The fraction of sp³-hybridized carbons (Fsp3) is 0.267. The van der Waals surface area contributed by atoms with E-state index in [1.807, 2.05) is 0 Å². The summed E-state index contributed by atoms with van der Waals surface area (Å²) in [5.74, 6) is 0.444. The molecule has 1 aliphatic rings. The van der Waals surface area contributed by atoms with Gasteiger partial charge >= 0.3 is 6.18 Å². The minimum atomic E-state index is -4.60. The van der Waals surface area contributed by atoms with Gasteiger partial charge in [0, 0.05) is 11.6 Å². The van der Waals surface area contributed by atoms with Gasteiger partial charge in [0.05, 0.1) is 10.5 Å². The van der Waals surface area contributed by atoms with Gasteiger partial charge < -0.3 is 0 Å². The number of rotatable bonds is 4. The fourth-order valence-corrected chi connectivity index (χ4v) is 3.20. The summed E-state index contributed by atoms with van der Waals surface area (Å²) in [6.45, 7) is 0. The number of nitrogens with zero attached hydrogens (tertiary/aromatic N) is 1. The summed E-state index contributed by atoms with van der Waals surface area (Å²) in [5.41, 5.74) is -0.227. The summed E-state index contributed by atoms with van der Waals surface area (Å²) >= 11 is 0. The van der Waals surface area contributed by atoms with Gasteiger partial charge in [-0.3, -0.25) is 4.72 Å². The second-order valence-corrected chi connectivity index (χ2v) is 7.04. The number of hydrogen-bond acceptors (Lipinski definition) is 3. The second kappa shape index (κ2) is 5.52. The lowest BCUT2D eigenvalue weighted by Gasteiger charge is -2.11. The standard InChI is InChI=1S/C15H13F3N2O2S/c16-15(17,18)11-3-1-4-12(9-11)23(21,22)20-14-6-2-5-13(19-14)10-7-8-10/h1-6,9-10H,7-8H2,(H,19,20). The smallest absolute Gasteiger partial charge is 0.263 e. The van der Waals surface area contributed by atoms with Crippen molar-refractivity contribution in [2.45, 2.75) is 29.8 Å². The highest BCUT2D eigenvalue weighted by Gasteiger charge is 2.32. The number of nitrogens with one attached hydrogen (secondary N) is 1. The van der Waals surface area contributed by atoms with E-state index < -0.39 is 26.7 Å². The summed E-state index contributed by atoms with van der Waals surface area (Å²) in [6.07, 6.45) is -2.58. The molecule has 23 heavy (non-hydrogen) atoms. The van der Waals surface area contributed by atoms with Crippen LogP contribution in [0.2, 0.25) is 0 Å². The number of halogens is 3. The van der Waals surface area contributed by atoms with E-state index >= 15 is 0 Å². The normalized spacial score (nSPS) is 15.4. The van der Waals surface area contributed by atoms with Crippen molar-refractivity contribution in [1.29, 1.82) is 0 Å². The topological polar surface area (TPSA) is 59.1 Å². The maximum atomic E-state index is 12.7. The molecule has 1 aliphatic carbocycles. The van der Waals surface area contributed by atoms with Gasteiger partial charge in [0.15, 0.2) is 0 Å². The Balaban J connectivity index is 1.88. The number of anilines is 1. The number of alkyl halides is 3. The summed E-state index contributed by atoms with van der Waals surface area (Å²) in [5, 5.41) is 0. The number of pyridine rings is 1. The van der Waals surface area contributed by atoms with Gasteiger partial charge in [0.25, 0.3) is 10.0 Å². The third-order valence-electron chi connectivity index (χ3n) is 3.48. The molecule has 0 radical (unpaired) electrons. The number of hydrogen-bond donors (Lipinski definition) is 1. The molecule has 1 N–H and O–H groups in total. The molecule has 4 nitrogen and oxygen atoms in total. The second-order valence-electron chi connectivity index (χ2n) is 5.35. The Labute approximate surface area is 131 Å². The lowest BCUT2D eigenvalue weighted by molar-refractivity contribution is -0.137. The number of benzene rings is 1. The molecule has 1 aromatic carbocycles. The van der Waals surface area contributed by atoms with E-state index in [1.54, 1.807) is 12.1 Å². The molecule has 0 amide bonds. The maximum Gasteiger partial charge on any atom is 0.416 e. The van der Waals surface area contributed by atoms with Crippen molar-refractivity contribution in [3.8, 4) is 0 Å². The van der Waals surface area contributed by atoms with E-state index in [0.717, 1.165) is 36.7 Å². The van der Waals surface area contributed by atoms with E-state index in [0.29, 0.717) is 12.0 Å². The predicted octanol–water partition coefficient (Wildman–Crippen LogP) is 3.78. The van der Waals surface area contributed by atoms with E-state index in [2.05, 4.69) is 9.71 Å². The highest BCUT2D eigenvalue weighted by Crippen LogP contribution is 2.39. The van der Waals surface area contributed by atoms with Gasteiger partial charge in [-0.05, 0) is 43.2 Å². The predicted molar refractivity (Wildman–Crippen MR) is 78.5 cm³/mol.